The van der Waals surface area contributed by atoms with Crippen LogP contribution in [0, 0.1) is 12.8 Å². The van der Waals surface area contributed by atoms with Crippen molar-refractivity contribution in [2.45, 2.75) is 44.4 Å². The summed E-state index contributed by atoms with van der Waals surface area (Å²) in [5.74, 6) is 0.367. The van der Waals surface area contributed by atoms with Gasteiger partial charge in [0.1, 0.15) is 11.5 Å². The van der Waals surface area contributed by atoms with Crippen LogP contribution < -0.4 is 5.32 Å². The first-order chi connectivity index (χ1) is 16.1. The van der Waals surface area contributed by atoms with Gasteiger partial charge in [-0.05, 0) is 50.5 Å². The molecule has 2 aliphatic rings. The number of Topliss-reactive ketones (excluding diaryl/α,β-unsaturated/α-hetero) is 1. The predicted octanol–water partition coefficient (Wildman–Crippen LogP) is 4.11. The minimum atomic E-state index is -3.54. The molecule has 5 rings (SSSR count). The van der Waals surface area contributed by atoms with Crippen molar-refractivity contribution >= 4 is 38.4 Å². The van der Waals surface area contributed by atoms with Crippen LogP contribution in [-0.2, 0) is 34.5 Å². The number of rotatable bonds is 7. The number of nitrogens with one attached hydrogen (secondary N) is 1. The highest BCUT2D eigenvalue weighted by atomic mass is 32.2. The van der Waals surface area contributed by atoms with Crippen molar-refractivity contribution in [3.63, 3.8) is 0 Å². The molecule has 1 fully saturated rings. The Kier molecular flexibility index (Phi) is 5.39. The molecule has 1 N–H and O–H groups in total. The van der Waals surface area contributed by atoms with E-state index in [1.165, 1.54) is 6.26 Å². The van der Waals surface area contributed by atoms with Crippen molar-refractivity contribution in [1.29, 1.82) is 0 Å². The highest BCUT2D eigenvalue weighted by Gasteiger charge is 2.30. The predicted molar refractivity (Wildman–Crippen MR) is 132 cm³/mol. The highest BCUT2D eigenvalue weighted by molar-refractivity contribution is 7.90. The summed E-state index contributed by atoms with van der Waals surface area (Å²) in [4.78, 5) is 21.9. The second-order valence-corrected chi connectivity index (χ2v) is 11.3. The maximum Gasteiger partial charge on any atom is 0.177 e. The van der Waals surface area contributed by atoms with Crippen molar-refractivity contribution in [2.24, 2.45) is 18.0 Å². The minimum Gasteiger partial charge on any atom is -0.353 e. The molecule has 0 saturated heterocycles. The smallest absolute Gasteiger partial charge is 0.177 e. The van der Waals surface area contributed by atoms with E-state index in [1.807, 2.05) is 33.0 Å². The molecule has 0 radical (unpaired) electrons. The zero-order chi connectivity index (χ0) is 24.2. The number of sulfone groups is 1. The third-order valence-corrected chi connectivity index (χ3v) is 7.57. The number of benzene rings is 1. The summed E-state index contributed by atoms with van der Waals surface area (Å²) in [6.07, 6.45) is 5.75. The Morgan fingerprint density at radius 3 is 2.59 bits per heavy atom. The molecule has 1 saturated carbocycles. The fourth-order valence-corrected chi connectivity index (χ4v) is 5.17. The first-order valence-electron chi connectivity index (χ1n) is 11.3. The van der Waals surface area contributed by atoms with Crippen LogP contribution in [0.15, 0.2) is 40.4 Å². The molecule has 0 amide bonds. The zero-order valence-corrected chi connectivity index (χ0v) is 20.5. The number of fused-ring (bicyclic) bond motifs is 1. The van der Waals surface area contributed by atoms with Gasteiger partial charge >= 0.3 is 0 Å². The lowest BCUT2D eigenvalue weighted by molar-refractivity contribution is -0.119. The van der Waals surface area contributed by atoms with Crippen molar-refractivity contribution in [3.05, 3.63) is 47.5 Å². The molecule has 1 aliphatic heterocycles. The van der Waals surface area contributed by atoms with E-state index in [2.05, 4.69) is 15.4 Å². The maximum atomic E-state index is 12.8. The van der Waals surface area contributed by atoms with Crippen LogP contribution in [0.3, 0.4) is 0 Å². The van der Waals surface area contributed by atoms with Gasteiger partial charge in [0.05, 0.1) is 33.9 Å². The van der Waals surface area contributed by atoms with Gasteiger partial charge in [-0.2, -0.15) is 5.10 Å². The Morgan fingerprint density at radius 2 is 1.94 bits per heavy atom. The Hall–Kier alpha value is -3.33. The number of pyridine rings is 1. The molecule has 8 nitrogen and oxygen atoms in total. The first kappa shape index (κ1) is 22.5. The SMILES string of the molecule is CC1=Nc2c(Nc3ccc(-c4cnn(C)c4C)cc3S(C)(=O)=O)cc(CC(=O)C3CC3)nc2C1. The summed E-state index contributed by atoms with van der Waals surface area (Å²) < 4.78 is 27.3. The fraction of sp³-hybridized carbons (Fsp3) is 0.360. The van der Waals surface area contributed by atoms with Crippen molar-refractivity contribution < 1.29 is 13.2 Å². The number of carbonyl (C=O) groups excluding carboxylic acids is 1. The first-order valence-corrected chi connectivity index (χ1v) is 13.2. The van der Waals surface area contributed by atoms with Gasteiger partial charge in [-0.1, -0.05) is 6.07 Å². The van der Waals surface area contributed by atoms with E-state index in [0.29, 0.717) is 29.2 Å². The van der Waals surface area contributed by atoms with E-state index in [0.717, 1.165) is 41.1 Å². The Morgan fingerprint density at radius 1 is 1.18 bits per heavy atom. The fourth-order valence-electron chi connectivity index (χ4n) is 4.31. The number of hydrogen-bond donors (Lipinski definition) is 1. The standard InChI is InChI=1S/C25H27N5O3S/c1-14-9-21-25(27-14)22(11-18(28-21)12-23(31)16-5-6-16)29-20-8-7-17(10-24(20)34(4,32)33)19-13-26-30(3)15(19)2/h7-8,10-11,13,16H,5-6,9,12H2,1-4H3,(H,28,29). The summed E-state index contributed by atoms with van der Waals surface area (Å²) >= 11 is 0. The topological polar surface area (TPSA) is 106 Å². The summed E-state index contributed by atoms with van der Waals surface area (Å²) in [6.45, 7) is 3.88. The normalized spacial score (nSPS) is 15.2. The average molecular weight is 478 g/mol. The molecule has 9 heteroatoms. The molecule has 176 valence electrons. The highest BCUT2D eigenvalue weighted by Crippen LogP contribution is 2.39. The van der Waals surface area contributed by atoms with Gasteiger partial charge in [0.25, 0.3) is 0 Å². The molecule has 34 heavy (non-hydrogen) atoms. The van der Waals surface area contributed by atoms with Crippen molar-refractivity contribution in [1.82, 2.24) is 14.8 Å². The van der Waals surface area contributed by atoms with E-state index in [1.54, 1.807) is 23.0 Å². The number of aromatic nitrogens is 3. The molecule has 1 aromatic carbocycles. The lowest BCUT2D eigenvalue weighted by Crippen LogP contribution is -2.09. The molecule has 0 bridgehead atoms. The van der Waals surface area contributed by atoms with Crippen LogP contribution in [0.2, 0.25) is 0 Å². The van der Waals surface area contributed by atoms with E-state index >= 15 is 0 Å². The number of nitrogens with zero attached hydrogens (tertiary/aromatic N) is 4. The summed E-state index contributed by atoms with van der Waals surface area (Å²) in [5, 5.41) is 7.57. The summed E-state index contributed by atoms with van der Waals surface area (Å²) in [7, 11) is -1.69. The molecule has 3 heterocycles. The lowest BCUT2D eigenvalue weighted by Gasteiger charge is -2.16. The molecule has 3 aromatic rings. The van der Waals surface area contributed by atoms with Crippen LogP contribution >= 0.6 is 0 Å². The molecule has 2 aromatic heterocycles. The minimum absolute atomic E-state index is 0.157. The van der Waals surface area contributed by atoms with Gasteiger partial charge in [0.15, 0.2) is 9.84 Å². The lowest BCUT2D eigenvalue weighted by atomic mass is 10.1. The molecule has 1 aliphatic carbocycles. The molecule has 0 atom stereocenters. The number of aryl methyl sites for hydroxylation is 1. The quantitative estimate of drug-likeness (QED) is 0.549. The monoisotopic (exact) mass is 477 g/mol. The number of ketones is 1. The van der Waals surface area contributed by atoms with Crippen LogP contribution in [0.25, 0.3) is 11.1 Å². The number of carbonyl (C=O) groups is 1. The van der Waals surface area contributed by atoms with Gasteiger partial charge in [-0.15, -0.1) is 0 Å². The number of aliphatic imine (C=N–C) groups is 1. The summed E-state index contributed by atoms with van der Waals surface area (Å²) in [5.41, 5.74) is 6.86. The van der Waals surface area contributed by atoms with Crippen molar-refractivity contribution in [3.8, 4) is 11.1 Å². The average Bonchev–Trinajstić information content (AvgIpc) is 3.48. The van der Waals surface area contributed by atoms with E-state index in [9.17, 15) is 13.2 Å². The van der Waals surface area contributed by atoms with Gasteiger partial charge in [-0.25, -0.2) is 8.42 Å². The largest absolute Gasteiger partial charge is 0.353 e. The third kappa shape index (κ3) is 4.27. The van der Waals surface area contributed by atoms with Crippen LogP contribution in [0.1, 0.15) is 36.8 Å². The number of hydrogen-bond acceptors (Lipinski definition) is 7. The van der Waals surface area contributed by atoms with Gasteiger partial charge in [0.2, 0.25) is 0 Å². The van der Waals surface area contributed by atoms with Crippen LogP contribution in [0.5, 0.6) is 0 Å². The second-order valence-electron chi connectivity index (χ2n) is 9.27. The Balaban J connectivity index is 1.56. The zero-order valence-electron chi connectivity index (χ0n) is 19.7. The summed E-state index contributed by atoms with van der Waals surface area (Å²) in [6, 6.07) is 7.15. The van der Waals surface area contributed by atoms with Crippen LogP contribution in [-0.4, -0.2) is 40.9 Å². The van der Waals surface area contributed by atoms with Gasteiger partial charge < -0.3 is 5.32 Å². The van der Waals surface area contributed by atoms with E-state index in [4.69, 9.17) is 4.98 Å². The molecular weight excluding hydrogens is 450 g/mol. The number of anilines is 2. The molecule has 0 unspecified atom stereocenters. The molecule has 0 spiro atoms. The van der Waals surface area contributed by atoms with E-state index < -0.39 is 9.84 Å². The van der Waals surface area contributed by atoms with Crippen molar-refractivity contribution in [2.75, 3.05) is 11.6 Å². The van der Waals surface area contributed by atoms with Crippen LogP contribution in [0.4, 0.5) is 17.1 Å². The maximum absolute atomic E-state index is 12.8. The third-order valence-electron chi connectivity index (χ3n) is 6.43. The Bertz CT molecular complexity index is 1470. The second kappa shape index (κ2) is 8.16. The Labute approximate surface area is 199 Å². The molecular formula is C25H27N5O3S. The van der Waals surface area contributed by atoms with E-state index in [-0.39, 0.29) is 23.0 Å². The van der Waals surface area contributed by atoms with Gasteiger partial charge in [-0.3, -0.25) is 19.5 Å². The van der Waals surface area contributed by atoms with Gasteiger partial charge in [0, 0.05) is 49.0 Å².